The lowest BCUT2D eigenvalue weighted by molar-refractivity contribution is 0.0526. The van der Waals surface area contributed by atoms with Gasteiger partial charge in [0.25, 0.3) is 0 Å². The molecule has 5 heteroatoms. The van der Waals surface area contributed by atoms with Gasteiger partial charge in [0.05, 0.1) is 12.2 Å². The molecule has 0 spiro atoms. The predicted octanol–water partition coefficient (Wildman–Crippen LogP) is 2.46. The summed E-state index contributed by atoms with van der Waals surface area (Å²) in [7, 11) is 0. The predicted molar refractivity (Wildman–Crippen MR) is 63.4 cm³/mol. The van der Waals surface area contributed by atoms with Crippen LogP contribution < -0.4 is 0 Å². The maximum Gasteiger partial charge on any atom is 0.338 e. The van der Waals surface area contributed by atoms with Crippen LogP contribution in [-0.4, -0.2) is 22.5 Å². The summed E-state index contributed by atoms with van der Waals surface area (Å²) in [5.41, 5.74) is 1.34. The fourth-order valence-electron chi connectivity index (χ4n) is 1.56. The smallest absolute Gasteiger partial charge is 0.338 e. The molecule has 0 aliphatic heterocycles. The second-order valence-electron chi connectivity index (χ2n) is 3.51. The van der Waals surface area contributed by atoms with Crippen LogP contribution in [0.1, 0.15) is 17.3 Å². The van der Waals surface area contributed by atoms with Crippen LogP contribution in [0.15, 0.2) is 36.8 Å². The average molecular weight is 246 g/mol. The minimum Gasteiger partial charge on any atom is -0.462 e. The summed E-state index contributed by atoms with van der Waals surface area (Å²) >= 11 is 0. The first kappa shape index (κ1) is 12.2. The zero-order valence-electron chi connectivity index (χ0n) is 9.76. The molecule has 2 aromatic rings. The van der Waals surface area contributed by atoms with Crippen molar-refractivity contribution in [1.82, 2.24) is 9.97 Å². The minimum absolute atomic E-state index is 0.150. The SMILES string of the molecule is CCOC(=O)c1cc(F)ncc1-c1cccnc1. The van der Waals surface area contributed by atoms with Gasteiger partial charge >= 0.3 is 5.97 Å². The number of hydrogen-bond donors (Lipinski definition) is 0. The Morgan fingerprint density at radius 3 is 2.94 bits per heavy atom. The molecule has 0 unspecified atom stereocenters. The van der Waals surface area contributed by atoms with Gasteiger partial charge in [0.15, 0.2) is 0 Å². The van der Waals surface area contributed by atoms with Gasteiger partial charge in [-0.15, -0.1) is 0 Å². The Balaban J connectivity index is 2.51. The number of ether oxygens (including phenoxy) is 1. The van der Waals surface area contributed by atoms with Crippen molar-refractivity contribution < 1.29 is 13.9 Å². The van der Waals surface area contributed by atoms with Gasteiger partial charge in [0.2, 0.25) is 5.95 Å². The lowest BCUT2D eigenvalue weighted by atomic mass is 10.0. The van der Waals surface area contributed by atoms with Crippen LogP contribution in [0.2, 0.25) is 0 Å². The molecular formula is C13H11FN2O2. The third-order valence-corrected chi connectivity index (χ3v) is 2.34. The van der Waals surface area contributed by atoms with Gasteiger partial charge < -0.3 is 4.74 Å². The molecule has 0 N–H and O–H groups in total. The molecule has 0 fully saturated rings. The summed E-state index contributed by atoms with van der Waals surface area (Å²) in [6.45, 7) is 1.93. The number of nitrogens with zero attached hydrogens (tertiary/aromatic N) is 2. The zero-order valence-corrected chi connectivity index (χ0v) is 9.76. The van der Waals surface area contributed by atoms with Gasteiger partial charge in [0, 0.05) is 35.8 Å². The molecule has 0 saturated carbocycles. The maximum atomic E-state index is 13.1. The Morgan fingerprint density at radius 2 is 2.28 bits per heavy atom. The molecule has 0 radical (unpaired) electrons. The molecular weight excluding hydrogens is 235 g/mol. The molecule has 0 aliphatic rings. The van der Waals surface area contributed by atoms with Crippen LogP contribution in [0.4, 0.5) is 4.39 Å². The highest BCUT2D eigenvalue weighted by Gasteiger charge is 2.15. The number of carbonyl (C=O) groups is 1. The highest BCUT2D eigenvalue weighted by atomic mass is 19.1. The monoisotopic (exact) mass is 246 g/mol. The molecule has 0 amide bonds. The van der Waals surface area contributed by atoms with Crippen molar-refractivity contribution in [2.45, 2.75) is 6.92 Å². The van der Waals surface area contributed by atoms with Crippen LogP contribution in [0.3, 0.4) is 0 Å². The summed E-state index contributed by atoms with van der Waals surface area (Å²) in [6.07, 6.45) is 4.50. The number of halogens is 1. The second-order valence-corrected chi connectivity index (χ2v) is 3.51. The molecule has 18 heavy (non-hydrogen) atoms. The van der Waals surface area contributed by atoms with Crippen molar-refractivity contribution >= 4 is 5.97 Å². The van der Waals surface area contributed by atoms with E-state index in [1.165, 1.54) is 6.20 Å². The fourth-order valence-corrected chi connectivity index (χ4v) is 1.56. The first-order chi connectivity index (χ1) is 8.72. The molecule has 4 nitrogen and oxygen atoms in total. The van der Waals surface area contributed by atoms with E-state index in [-0.39, 0.29) is 12.2 Å². The number of rotatable bonds is 3. The van der Waals surface area contributed by atoms with Crippen molar-refractivity contribution in [1.29, 1.82) is 0 Å². The Kier molecular flexibility index (Phi) is 3.62. The van der Waals surface area contributed by atoms with Gasteiger partial charge in [-0.05, 0) is 13.0 Å². The molecule has 92 valence electrons. The van der Waals surface area contributed by atoms with Crippen molar-refractivity contribution in [3.8, 4) is 11.1 Å². The number of carbonyl (C=O) groups excluding carboxylic acids is 1. The highest BCUT2D eigenvalue weighted by Crippen LogP contribution is 2.23. The van der Waals surface area contributed by atoms with E-state index in [2.05, 4.69) is 9.97 Å². The third kappa shape index (κ3) is 2.51. The molecule has 2 aromatic heterocycles. The molecule has 2 heterocycles. The van der Waals surface area contributed by atoms with Crippen LogP contribution in [-0.2, 0) is 4.74 Å². The van der Waals surface area contributed by atoms with E-state index < -0.39 is 11.9 Å². The van der Waals surface area contributed by atoms with Crippen molar-refractivity contribution in [3.05, 3.63) is 48.3 Å². The number of hydrogen-bond acceptors (Lipinski definition) is 4. The zero-order chi connectivity index (χ0) is 13.0. The van der Waals surface area contributed by atoms with E-state index in [0.29, 0.717) is 11.1 Å². The van der Waals surface area contributed by atoms with Gasteiger partial charge in [0.1, 0.15) is 0 Å². The number of esters is 1. The highest BCUT2D eigenvalue weighted by molar-refractivity contribution is 5.96. The average Bonchev–Trinajstić information content (AvgIpc) is 2.40. The second kappa shape index (κ2) is 5.35. The van der Waals surface area contributed by atoms with Crippen molar-refractivity contribution in [2.75, 3.05) is 6.61 Å². The van der Waals surface area contributed by atoms with Crippen molar-refractivity contribution in [3.63, 3.8) is 0 Å². The lowest BCUT2D eigenvalue weighted by Gasteiger charge is -2.08. The topological polar surface area (TPSA) is 52.1 Å². The molecule has 0 saturated heterocycles. The molecule has 2 rings (SSSR count). The third-order valence-electron chi connectivity index (χ3n) is 2.34. The Hall–Kier alpha value is -2.30. The first-order valence-corrected chi connectivity index (χ1v) is 5.45. The molecule has 0 bridgehead atoms. The first-order valence-electron chi connectivity index (χ1n) is 5.45. The minimum atomic E-state index is -0.717. The van der Waals surface area contributed by atoms with E-state index in [0.717, 1.165) is 6.07 Å². The molecule has 0 aromatic carbocycles. The summed E-state index contributed by atoms with van der Waals surface area (Å²) in [5, 5.41) is 0. The molecule has 0 aliphatic carbocycles. The fraction of sp³-hybridized carbons (Fsp3) is 0.154. The number of aromatic nitrogens is 2. The largest absolute Gasteiger partial charge is 0.462 e. The normalized spacial score (nSPS) is 10.1. The van der Waals surface area contributed by atoms with E-state index >= 15 is 0 Å². The van der Waals surface area contributed by atoms with E-state index in [4.69, 9.17) is 4.74 Å². The molecule has 0 atom stereocenters. The Bertz CT molecular complexity index is 558. The van der Waals surface area contributed by atoms with E-state index in [1.54, 1.807) is 31.5 Å². The summed E-state index contributed by atoms with van der Waals surface area (Å²) < 4.78 is 18.0. The van der Waals surface area contributed by atoms with Gasteiger partial charge in [-0.3, -0.25) is 4.98 Å². The Morgan fingerprint density at radius 1 is 1.44 bits per heavy atom. The maximum absolute atomic E-state index is 13.1. The number of pyridine rings is 2. The quantitative estimate of drug-likeness (QED) is 0.616. The van der Waals surface area contributed by atoms with Crippen LogP contribution in [0.25, 0.3) is 11.1 Å². The summed E-state index contributed by atoms with van der Waals surface area (Å²) in [5.74, 6) is -1.29. The lowest BCUT2D eigenvalue weighted by Crippen LogP contribution is -2.08. The van der Waals surface area contributed by atoms with Gasteiger partial charge in [-0.1, -0.05) is 6.07 Å². The van der Waals surface area contributed by atoms with Crippen molar-refractivity contribution in [2.24, 2.45) is 0 Å². The van der Waals surface area contributed by atoms with Crippen LogP contribution in [0.5, 0.6) is 0 Å². The Labute approximate surface area is 103 Å². The van der Waals surface area contributed by atoms with E-state index in [9.17, 15) is 9.18 Å². The summed E-state index contributed by atoms with van der Waals surface area (Å²) in [6, 6.07) is 4.57. The van der Waals surface area contributed by atoms with E-state index in [1.807, 2.05) is 0 Å². The van der Waals surface area contributed by atoms with Crippen LogP contribution >= 0.6 is 0 Å². The van der Waals surface area contributed by atoms with Gasteiger partial charge in [-0.25, -0.2) is 9.78 Å². The standard InChI is InChI=1S/C13H11FN2O2/c1-2-18-13(17)10-6-12(14)16-8-11(10)9-4-3-5-15-7-9/h3-8H,2H2,1H3. The van der Waals surface area contributed by atoms with Crippen LogP contribution in [0, 0.1) is 5.95 Å². The van der Waals surface area contributed by atoms with Gasteiger partial charge in [-0.2, -0.15) is 4.39 Å². The summed E-state index contributed by atoms with van der Waals surface area (Å²) in [4.78, 5) is 19.3.